The molecule has 2 aliphatic heterocycles. The van der Waals surface area contributed by atoms with Gasteiger partial charge in [-0.3, -0.25) is 20.2 Å². The Bertz CT molecular complexity index is 585. The van der Waals surface area contributed by atoms with Gasteiger partial charge in [-0.05, 0) is 36.5 Å². The van der Waals surface area contributed by atoms with E-state index in [1.54, 1.807) is 29.6 Å². The third-order valence-corrected chi connectivity index (χ3v) is 8.36. The van der Waals surface area contributed by atoms with Crippen LogP contribution in [0, 0.1) is 43.9 Å². The van der Waals surface area contributed by atoms with Crippen LogP contribution in [0.1, 0.15) is 54.4 Å². The number of nitro groups is 2. The predicted octanol–water partition coefficient (Wildman–Crippen LogP) is 4.73. The van der Waals surface area contributed by atoms with Crippen molar-refractivity contribution in [2.75, 3.05) is 11.5 Å². The zero-order valence-electron chi connectivity index (χ0n) is 18.3. The van der Waals surface area contributed by atoms with E-state index in [-0.39, 0.29) is 20.3 Å². The van der Waals surface area contributed by atoms with Gasteiger partial charge < -0.3 is 5.11 Å². The molecule has 6 unspecified atom stereocenters. The summed E-state index contributed by atoms with van der Waals surface area (Å²) < 4.78 is 0. The van der Waals surface area contributed by atoms with Gasteiger partial charge in [0.25, 0.3) is 11.7 Å². The van der Waals surface area contributed by atoms with Crippen LogP contribution in [0.25, 0.3) is 0 Å². The smallest absolute Gasteiger partial charge is 0.256 e. The van der Waals surface area contributed by atoms with Gasteiger partial charge >= 0.3 is 0 Å². The zero-order valence-corrected chi connectivity index (χ0v) is 19.9. The minimum atomic E-state index is -0.774. The Morgan fingerprint density at radius 1 is 1.03 bits per heavy atom. The largest absolute Gasteiger partial charge is 0.385 e. The minimum absolute atomic E-state index is 0.0302. The van der Waals surface area contributed by atoms with Crippen LogP contribution >= 0.6 is 23.5 Å². The fourth-order valence-electron chi connectivity index (χ4n) is 4.20. The van der Waals surface area contributed by atoms with Crippen LogP contribution in [-0.2, 0) is 0 Å². The first-order valence-electron chi connectivity index (χ1n) is 10.3. The number of rotatable bonds is 8. The van der Waals surface area contributed by atoms with E-state index in [0.29, 0.717) is 35.1 Å². The van der Waals surface area contributed by atoms with E-state index >= 15 is 0 Å². The van der Waals surface area contributed by atoms with E-state index in [2.05, 4.69) is 34.6 Å². The monoisotopic (exact) mass is 448 g/mol. The van der Waals surface area contributed by atoms with Crippen molar-refractivity contribution in [3.8, 4) is 0 Å². The van der Waals surface area contributed by atoms with Crippen molar-refractivity contribution < 1.29 is 15.0 Å². The molecule has 2 rings (SSSR count). The van der Waals surface area contributed by atoms with Gasteiger partial charge in [0.15, 0.2) is 0 Å². The molecule has 2 heterocycles. The number of thioether (sulfide) groups is 2. The highest BCUT2D eigenvalue weighted by Gasteiger charge is 2.47. The van der Waals surface area contributed by atoms with Gasteiger partial charge in [-0.15, -0.1) is 23.5 Å². The van der Waals surface area contributed by atoms with Crippen LogP contribution in [-0.4, -0.2) is 49.1 Å². The quantitative estimate of drug-likeness (QED) is 0.422. The molecule has 7 nitrogen and oxygen atoms in total. The van der Waals surface area contributed by atoms with Gasteiger partial charge in [0.2, 0.25) is 0 Å². The SMILES string of the molecule is CC(C)CC(C)C1SCC(O)C1[N+](=O)[O-].CC(C)CC(C)C1SCC=C1[N+](=O)[O-]. The number of aliphatic hydroxyl groups is 1. The third-order valence-electron chi connectivity index (χ3n) is 5.27. The van der Waals surface area contributed by atoms with Crippen LogP contribution < -0.4 is 0 Å². The topological polar surface area (TPSA) is 107 Å². The first kappa shape index (κ1) is 26.2. The second-order valence-corrected chi connectivity index (χ2v) is 11.4. The Morgan fingerprint density at radius 2 is 1.59 bits per heavy atom. The van der Waals surface area contributed by atoms with Gasteiger partial charge in [0.1, 0.15) is 6.10 Å². The van der Waals surface area contributed by atoms with Crippen LogP contribution in [0.5, 0.6) is 0 Å². The number of aliphatic hydroxyl groups excluding tert-OH is 1. The van der Waals surface area contributed by atoms with Gasteiger partial charge in [-0.2, -0.15) is 0 Å². The van der Waals surface area contributed by atoms with Gasteiger partial charge in [0.05, 0.1) is 15.4 Å². The molecular formula is C20H36N2O5S2. The molecule has 9 heteroatoms. The molecule has 0 spiro atoms. The van der Waals surface area contributed by atoms with Crippen molar-refractivity contribution in [3.63, 3.8) is 0 Å². The molecule has 0 aromatic heterocycles. The summed E-state index contributed by atoms with van der Waals surface area (Å²) in [5.74, 6) is 3.15. The molecule has 1 N–H and O–H groups in total. The summed E-state index contributed by atoms with van der Waals surface area (Å²) in [5.41, 5.74) is 0.420. The Kier molecular flexibility index (Phi) is 11.0. The Labute approximate surface area is 182 Å². The predicted molar refractivity (Wildman–Crippen MR) is 122 cm³/mol. The molecule has 1 fully saturated rings. The normalized spacial score (nSPS) is 28.7. The lowest BCUT2D eigenvalue weighted by Crippen LogP contribution is -2.40. The lowest BCUT2D eigenvalue weighted by Gasteiger charge is -2.22. The fourth-order valence-corrected chi connectivity index (χ4v) is 7.01. The molecule has 29 heavy (non-hydrogen) atoms. The summed E-state index contributed by atoms with van der Waals surface area (Å²) in [5, 5.41) is 31.2. The molecule has 0 saturated carbocycles. The maximum Gasteiger partial charge on any atom is 0.256 e. The second kappa shape index (κ2) is 12.2. The van der Waals surface area contributed by atoms with Gasteiger partial charge in [0, 0.05) is 22.5 Å². The average Bonchev–Trinajstić information content (AvgIpc) is 3.20. The first-order chi connectivity index (χ1) is 13.5. The number of nitrogens with zero attached hydrogens (tertiary/aromatic N) is 2. The minimum Gasteiger partial charge on any atom is -0.385 e. The molecule has 1 saturated heterocycles. The van der Waals surface area contributed by atoms with Crippen molar-refractivity contribution in [2.24, 2.45) is 23.7 Å². The second-order valence-electron chi connectivity index (χ2n) is 8.99. The molecule has 2 aliphatic rings. The molecule has 0 amide bonds. The molecule has 0 aromatic rings. The van der Waals surface area contributed by atoms with Crippen molar-refractivity contribution in [3.05, 3.63) is 32.0 Å². The van der Waals surface area contributed by atoms with Gasteiger partial charge in [-0.1, -0.05) is 41.5 Å². The zero-order chi connectivity index (χ0) is 22.3. The Balaban J connectivity index is 0.000000291. The molecule has 168 valence electrons. The standard InChI is InChI=1S/C10H19NO3S.C10H17NO2S/c1-6(2)4-7(3)10-9(11(13)14)8(12)5-15-10;1-7(2)6-8(3)10-9(11(12)13)4-5-14-10/h6-10,12H,4-5H2,1-3H3;4,7-8,10H,5-6H2,1-3H3. The van der Waals surface area contributed by atoms with E-state index in [0.717, 1.165) is 18.6 Å². The number of hydrogen-bond acceptors (Lipinski definition) is 7. The summed E-state index contributed by atoms with van der Waals surface area (Å²) in [6.45, 7) is 12.7. The Morgan fingerprint density at radius 3 is 2.07 bits per heavy atom. The molecule has 6 atom stereocenters. The maximum absolute atomic E-state index is 10.8. The average molecular weight is 449 g/mol. The van der Waals surface area contributed by atoms with E-state index in [9.17, 15) is 25.3 Å². The molecule has 0 bridgehead atoms. The number of hydrogen-bond donors (Lipinski definition) is 1. The van der Waals surface area contributed by atoms with Crippen LogP contribution in [0.2, 0.25) is 0 Å². The molecule has 0 aliphatic carbocycles. The van der Waals surface area contributed by atoms with E-state index in [4.69, 9.17) is 0 Å². The van der Waals surface area contributed by atoms with E-state index < -0.39 is 12.1 Å². The van der Waals surface area contributed by atoms with Crippen LogP contribution in [0.4, 0.5) is 0 Å². The highest BCUT2D eigenvalue weighted by molar-refractivity contribution is 8.00. The lowest BCUT2D eigenvalue weighted by atomic mass is 9.91. The highest BCUT2D eigenvalue weighted by Crippen LogP contribution is 2.37. The maximum atomic E-state index is 10.8. The molecule has 0 radical (unpaired) electrons. The molecular weight excluding hydrogens is 412 g/mol. The van der Waals surface area contributed by atoms with Crippen LogP contribution in [0.15, 0.2) is 11.8 Å². The summed E-state index contributed by atoms with van der Waals surface area (Å²) >= 11 is 3.24. The molecule has 0 aromatic carbocycles. The summed E-state index contributed by atoms with van der Waals surface area (Å²) in [4.78, 5) is 21.0. The van der Waals surface area contributed by atoms with E-state index in [1.165, 1.54) is 0 Å². The summed E-state index contributed by atoms with van der Waals surface area (Å²) in [6.07, 6.45) is 3.02. The lowest BCUT2D eigenvalue weighted by molar-refractivity contribution is -0.532. The summed E-state index contributed by atoms with van der Waals surface area (Å²) in [6, 6.07) is -0.774. The van der Waals surface area contributed by atoms with Crippen molar-refractivity contribution in [1.82, 2.24) is 0 Å². The van der Waals surface area contributed by atoms with Gasteiger partial charge in [-0.25, -0.2) is 0 Å². The van der Waals surface area contributed by atoms with Crippen molar-refractivity contribution >= 4 is 23.5 Å². The fraction of sp³-hybridized carbons (Fsp3) is 0.900. The Hall–Kier alpha value is -0.800. The first-order valence-corrected chi connectivity index (χ1v) is 12.4. The summed E-state index contributed by atoms with van der Waals surface area (Å²) in [7, 11) is 0. The van der Waals surface area contributed by atoms with Crippen molar-refractivity contribution in [1.29, 1.82) is 0 Å². The highest BCUT2D eigenvalue weighted by atomic mass is 32.2. The van der Waals surface area contributed by atoms with E-state index in [1.807, 2.05) is 6.92 Å². The van der Waals surface area contributed by atoms with Crippen LogP contribution in [0.3, 0.4) is 0 Å². The third kappa shape index (κ3) is 8.09. The van der Waals surface area contributed by atoms with Crippen molar-refractivity contribution in [2.45, 2.75) is 77.0 Å².